The number of piperidine rings is 1. The lowest BCUT2D eigenvalue weighted by atomic mass is 9.96. The van der Waals surface area contributed by atoms with E-state index in [1.807, 2.05) is 18.3 Å². The van der Waals surface area contributed by atoms with Gasteiger partial charge in [-0.1, -0.05) is 0 Å². The standard InChI is InChI=1S/C22H23N7O/c23-14-18-13-17-3-1-4-19(17)25-22(18)27-11-7-16(8-12-27)15-29-21(30)6-5-20(26-29)28-10-2-9-24-28/h2,5-6,9-10,13,16H,1,3-4,7-8,11-12,15H2. The molecule has 2 aliphatic rings. The number of aryl methyl sites for hydroxylation is 2. The van der Waals surface area contributed by atoms with Gasteiger partial charge in [-0.2, -0.15) is 10.4 Å². The summed E-state index contributed by atoms with van der Waals surface area (Å²) in [5.74, 6) is 1.82. The topological polar surface area (TPSA) is 92.6 Å². The van der Waals surface area contributed by atoms with Gasteiger partial charge in [0.2, 0.25) is 0 Å². The highest BCUT2D eigenvalue weighted by molar-refractivity contribution is 5.57. The van der Waals surface area contributed by atoms with Crippen LogP contribution in [0, 0.1) is 17.2 Å². The van der Waals surface area contributed by atoms with E-state index in [1.54, 1.807) is 27.7 Å². The molecule has 0 amide bonds. The Bertz CT molecular complexity index is 1150. The fraction of sp³-hybridized carbons (Fsp3) is 0.409. The van der Waals surface area contributed by atoms with Crippen molar-refractivity contribution in [2.24, 2.45) is 5.92 Å². The highest BCUT2D eigenvalue weighted by Gasteiger charge is 2.25. The predicted molar refractivity (Wildman–Crippen MR) is 112 cm³/mol. The van der Waals surface area contributed by atoms with Gasteiger partial charge in [0.15, 0.2) is 5.82 Å². The van der Waals surface area contributed by atoms with Gasteiger partial charge in [0, 0.05) is 43.8 Å². The minimum Gasteiger partial charge on any atom is -0.355 e. The minimum atomic E-state index is -0.0969. The molecule has 0 unspecified atom stereocenters. The molecule has 0 N–H and O–H groups in total. The van der Waals surface area contributed by atoms with Crippen LogP contribution < -0.4 is 10.5 Å². The Morgan fingerprint density at radius 3 is 2.83 bits per heavy atom. The summed E-state index contributed by atoms with van der Waals surface area (Å²) in [6.07, 6.45) is 8.53. The number of hydrogen-bond acceptors (Lipinski definition) is 6. The molecule has 3 aromatic rings. The van der Waals surface area contributed by atoms with Crippen LogP contribution in [0.5, 0.6) is 0 Å². The highest BCUT2D eigenvalue weighted by Crippen LogP contribution is 2.30. The fourth-order valence-corrected chi connectivity index (χ4v) is 4.45. The monoisotopic (exact) mass is 401 g/mol. The Hall–Kier alpha value is -3.47. The maximum atomic E-state index is 12.3. The van der Waals surface area contributed by atoms with Crippen molar-refractivity contribution < 1.29 is 0 Å². The van der Waals surface area contributed by atoms with Crippen LogP contribution >= 0.6 is 0 Å². The summed E-state index contributed by atoms with van der Waals surface area (Å²) >= 11 is 0. The van der Waals surface area contributed by atoms with E-state index in [2.05, 4.69) is 21.2 Å². The molecule has 5 rings (SSSR count). The van der Waals surface area contributed by atoms with Crippen molar-refractivity contribution in [2.45, 2.75) is 38.6 Å². The summed E-state index contributed by atoms with van der Waals surface area (Å²) in [6, 6.07) is 9.43. The van der Waals surface area contributed by atoms with Crippen molar-refractivity contribution in [1.29, 1.82) is 5.26 Å². The van der Waals surface area contributed by atoms with Gasteiger partial charge in [-0.15, -0.1) is 5.10 Å². The number of fused-ring (bicyclic) bond motifs is 1. The van der Waals surface area contributed by atoms with E-state index in [9.17, 15) is 10.1 Å². The molecule has 8 heteroatoms. The fourth-order valence-electron chi connectivity index (χ4n) is 4.45. The Balaban J connectivity index is 1.29. The first-order valence-corrected chi connectivity index (χ1v) is 10.5. The van der Waals surface area contributed by atoms with Crippen LogP contribution in [0.1, 0.15) is 36.1 Å². The Morgan fingerprint density at radius 1 is 1.20 bits per heavy atom. The zero-order chi connectivity index (χ0) is 20.5. The van der Waals surface area contributed by atoms with E-state index in [0.717, 1.165) is 56.7 Å². The van der Waals surface area contributed by atoms with E-state index >= 15 is 0 Å². The molecular weight excluding hydrogens is 378 g/mol. The largest absolute Gasteiger partial charge is 0.355 e. The smallest absolute Gasteiger partial charge is 0.266 e. The lowest BCUT2D eigenvalue weighted by Crippen LogP contribution is -2.37. The third-order valence-corrected chi connectivity index (χ3v) is 6.09. The summed E-state index contributed by atoms with van der Waals surface area (Å²) in [4.78, 5) is 19.4. The molecule has 8 nitrogen and oxygen atoms in total. The number of anilines is 1. The molecule has 0 aromatic carbocycles. The van der Waals surface area contributed by atoms with Gasteiger partial charge in [-0.3, -0.25) is 4.79 Å². The Kier molecular flexibility index (Phi) is 4.79. The molecule has 1 saturated heterocycles. The first-order valence-electron chi connectivity index (χ1n) is 10.5. The molecule has 0 bridgehead atoms. The summed E-state index contributed by atoms with van der Waals surface area (Å²) < 4.78 is 3.20. The van der Waals surface area contributed by atoms with E-state index in [0.29, 0.717) is 23.8 Å². The molecule has 4 heterocycles. The van der Waals surface area contributed by atoms with E-state index < -0.39 is 0 Å². The van der Waals surface area contributed by atoms with Crippen molar-refractivity contribution in [1.82, 2.24) is 24.5 Å². The summed E-state index contributed by atoms with van der Waals surface area (Å²) in [6.45, 7) is 2.25. The highest BCUT2D eigenvalue weighted by atomic mass is 16.1. The third kappa shape index (κ3) is 3.47. The normalized spacial score (nSPS) is 16.4. The summed E-state index contributed by atoms with van der Waals surface area (Å²) in [7, 11) is 0. The van der Waals surface area contributed by atoms with Gasteiger partial charge in [-0.05, 0) is 61.8 Å². The summed E-state index contributed by atoms with van der Waals surface area (Å²) in [5.41, 5.74) is 2.96. The predicted octanol–water partition coefficient (Wildman–Crippen LogP) is 2.10. The van der Waals surface area contributed by atoms with E-state index in [4.69, 9.17) is 4.98 Å². The Labute approximate surface area is 174 Å². The number of aromatic nitrogens is 5. The number of nitriles is 1. The van der Waals surface area contributed by atoms with Gasteiger partial charge in [0.25, 0.3) is 5.56 Å². The lowest BCUT2D eigenvalue weighted by Gasteiger charge is -2.33. The van der Waals surface area contributed by atoms with Crippen LogP contribution in [0.15, 0.2) is 41.5 Å². The molecule has 0 atom stereocenters. The molecule has 0 radical (unpaired) electrons. The molecular formula is C22H23N7O. The zero-order valence-corrected chi connectivity index (χ0v) is 16.7. The van der Waals surface area contributed by atoms with Crippen LogP contribution in [0.25, 0.3) is 5.82 Å². The average molecular weight is 401 g/mol. The van der Waals surface area contributed by atoms with Gasteiger partial charge < -0.3 is 4.90 Å². The second-order valence-corrected chi connectivity index (χ2v) is 8.02. The second-order valence-electron chi connectivity index (χ2n) is 8.02. The zero-order valence-electron chi connectivity index (χ0n) is 16.7. The number of pyridine rings is 1. The number of rotatable bonds is 4. The molecule has 0 saturated carbocycles. The quantitative estimate of drug-likeness (QED) is 0.665. The van der Waals surface area contributed by atoms with Crippen LogP contribution in [-0.2, 0) is 19.4 Å². The van der Waals surface area contributed by atoms with Gasteiger partial charge in [0.1, 0.15) is 11.9 Å². The molecule has 0 spiro atoms. The molecule has 1 aliphatic heterocycles. The number of nitrogens with zero attached hydrogens (tertiary/aromatic N) is 7. The van der Waals surface area contributed by atoms with Crippen molar-refractivity contribution in [2.75, 3.05) is 18.0 Å². The first kappa shape index (κ1) is 18.6. The molecule has 1 fully saturated rings. The van der Waals surface area contributed by atoms with E-state index in [-0.39, 0.29) is 5.56 Å². The SMILES string of the molecule is N#Cc1cc2c(nc1N1CCC(Cn3nc(-n4cccn4)ccc3=O)CC1)CCC2. The second kappa shape index (κ2) is 7.75. The molecule has 3 aromatic heterocycles. The number of hydrogen-bond donors (Lipinski definition) is 0. The van der Waals surface area contributed by atoms with Crippen molar-refractivity contribution in [3.63, 3.8) is 0 Å². The summed E-state index contributed by atoms with van der Waals surface area (Å²) in [5, 5.41) is 18.3. The van der Waals surface area contributed by atoms with E-state index in [1.165, 1.54) is 5.56 Å². The van der Waals surface area contributed by atoms with Crippen LogP contribution in [0.2, 0.25) is 0 Å². The van der Waals surface area contributed by atoms with Crippen molar-refractivity contribution in [3.8, 4) is 11.9 Å². The van der Waals surface area contributed by atoms with Gasteiger partial charge >= 0.3 is 0 Å². The van der Waals surface area contributed by atoms with Gasteiger partial charge in [-0.25, -0.2) is 14.3 Å². The Morgan fingerprint density at radius 2 is 2.07 bits per heavy atom. The van der Waals surface area contributed by atoms with Gasteiger partial charge in [0.05, 0.1) is 5.56 Å². The minimum absolute atomic E-state index is 0.0969. The molecule has 1 aliphatic carbocycles. The first-order chi connectivity index (χ1) is 14.7. The van der Waals surface area contributed by atoms with Crippen molar-refractivity contribution in [3.05, 3.63) is 63.8 Å². The van der Waals surface area contributed by atoms with Crippen molar-refractivity contribution >= 4 is 5.82 Å². The maximum absolute atomic E-state index is 12.3. The van der Waals surface area contributed by atoms with Crippen LogP contribution in [0.3, 0.4) is 0 Å². The average Bonchev–Trinajstić information content (AvgIpc) is 3.46. The lowest BCUT2D eigenvalue weighted by molar-refractivity contribution is 0.333. The molecule has 152 valence electrons. The molecule has 30 heavy (non-hydrogen) atoms. The van der Waals surface area contributed by atoms with Crippen LogP contribution in [0.4, 0.5) is 5.82 Å². The maximum Gasteiger partial charge on any atom is 0.266 e. The van der Waals surface area contributed by atoms with Crippen LogP contribution in [-0.4, -0.2) is 37.6 Å². The third-order valence-electron chi connectivity index (χ3n) is 6.09.